The van der Waals surface area contributed by atoms with Crippen LogP contribution in [-0.2, 0) is 6.42 Å². The molecule has 1 N–H and O–H groups in total. The van der Waals surface area contributed by atoms with E-state index in [4.69, 9.17) is 14.5 Å². The molecule has 122 valence electrons. The van der Waals surface area contributed by atoms with Crippen molar-refractivity contribution >= 4 is 10.9 Å². The van der Waals surface area contributed by atoms with E-state index in [1.165, 1.54) is 11.1 Å². The van der Waals surface area contributed by atoms with E-state index in [1.54, 1.807) is 14.2 Å². The van der Waals surface area contributed by atoms with Crippen molar-refractivity contribution in [2.45, 2.75) is 12.5 Å². The standard InChI is InChI=1S/C20H20N2O2/c1-23-18-10-8-14-15(20(18)24-2)11-12-21-19(14)17-9-7-13-5-3-4-6-16(13)22-17/h3-10,19,21H,11-12H2,1-2H3. The van der Waals surface area contributed by atoms with Crippen LogP contribution in [0.2, 0.25) is 0 Å². The van der Waals surface area contributed by atoms with Gasteiger partial charge in [0.05, 0.1) is 31.5 Å². The summed E-state index contributed by atoms with van der Waals surface area (Å²) in [5.74, 6) is 1.62. The van der Waals surface area contributed by atoms with Gasteiger partial charge in [0.15, 0.2) is 11.5 Å². The normalized spacial score (nSPS) is 16.7. The molecule has 1 aromatic heterocycles. The zero-order valence-corrected chi connectivity index (χ0v) is 13.9. The van der Waals surface area contributed by atoms with Crippen LogP contribution in [0.5, 0.6) is 11.5 Å². The van der Waals surface area contributed by atoms with Gasteiger partial charge in [-0.15, -0.1) is 0 Å². The Labute approximate surface area is 141 Å². The van der Waals surface area contributed by atoms with Gasteiger partial charge in [0, 0.05) is 17.5 Å². The minimum absolute atomic E-state index is 0.0677. The summed E-state index contributed by atoms with van der Waals surface area (Å²) in [5.41, 5.74) is 4.46. The second-order valence-corrected chi connectivity index (χ2v) is 5.93. The van der Waals surface area contributed by atoms with Gasteiger partial charge in [-0.2, -0.15) is 0 Å². The third-order valence-electron chi connectivity index (χ3n) is 4.63. The Balaban J connectivity index is 1.83. The van der Waals surface area contributed by atoms with E-state index in [2.05, 4.69) is 35.6 Å². The van der Waals surface area contributed by atoms with Gasteiger partial charge in [0.2, 0.25) is 0 Å². The Morgan fingerprint density at radius 3 is 2.71 bits per heavy atom. The van der Waals surface area contributed by atoms with Crippen LogP contribution in [0.1, 0.15) is 22.9 Å². The monoisotopic (exact) mass is 320 g/mol. The Morgan fingerprint density at radius 2 is 1.88 bits per heavy atom. The highest BCUT2D eigenvalue weighted by Crippen LogP contribution is 2.39. The maximum atomic E-state index is 5.62. The van der Waals surface area contributed by atoms with Crippen LogP contribution in [0, 0.1) is 0 Å². The largest absolute Gasteiger partial charge is 0.493 e. The minimum Gasteiger partial charge on any atom is -0.493 e. The summed E-state index contributed by atoms with van der Waals surface area (Å²) in [6.45, 7) is 0.885. The molecule has 4 nitrogen and oxygen atoms in total. The van der Waals surface area contributed by atoms with Crippen LogP contribution >= 0.6 is 0 Å². The number of hydrogen-bond donors (Lipinski definition) is 1. The maximum absolute atomic E-state index is 5.62. The number of aromatic nitrogens is 1. The van der Waals surface area contributed by atoms with Gasteiger partial charge in [-0.1, -0.05) is 30.3 Å². The smallest absolute Gasteiger partial charge is 0.164 e. The van der Waals surface area contributed by atoms with Crippen molar-refractivity contribution < 1.29 is 9.47 Å². The second kappa shape index (κ2) is 6.13. The average molecular weight is 320 g/mol. The lowest BCUT2D eigenvalue weighted by molar-refractivity contribution is 0.348. The molecular formula is C20H20N2O2. The summed E-state index contributed by atoms with van der Waals surface area (Å²) in [7, 11) is 3.37. The lowest BCUT2D eigenvalue weighted by Crippen LogP contribution is -2.31. The van der Waals surface area contributed by atoms with E-state index in [0.29, 0.717) is 0 Å². The van der Waals surface area contributed by atoms with E-state index in [1.807, 2.05) is 18.2 Å². The number of benzene rings is 2. The number of rotatable bonds is 3. The Kier molecular flexibility index (Phi) is 3.82. The van der Waals surface area contributed by atoms with Gasteiger partial charge in [-0.05, 0) is 30.2 Å². The van der Waals surface area contributed by atoms with Crippen LogP contribution in [-0.4, -0.2) is 25.7 Å². The van der Waals surface area contributed by atoms with Gasteiger partial charge in [-0.3, -0.25) is 4.98 Å². The molecule has 24 heavy (non-hydrogen) atoms. The molecule has 0 saturated heterocycles. The average Bonchev–Trinajstić information content (AvgIpc) is 2.66. The number of fused-ring (bicyclic) bond motifs is 2. The van der Waals surface area contributed by atoms with Crippen molar-refractivity contribution in [3.05, 3.63) is 65.4 Å². The fourth-order valence-electron chi connectivity index (χ4n) is 3.49. The van der Waals surface area contributed by atoms with E-state index >= 15 is 0 Å². The third-order valence-corrected chi connectivity index (χ3v) is 4.63. The van der Waals surface area contributed by atoms with Crippen molar-refractivity contribution in [1.29, 1.82) is 0 Å². The highest BCUT2D eigenvalue weighted by Gasteiger charge is 2.26. The molecule has 0 bridgehead atoms. The number of ether oxygens (including phenoxy) is 2. The molecule has 3 aromatic rings. The van der Waals surface area contributed by atoms with Gasteiger partial charge < -0.3 is 14.8 Å². The van der Waals surface area contributed by atoms with Crippen LogP contribution in [0.4, 0.5) is 0 Å². The molecule has 1 unspecified atom stereocenters. The number of nitrogens with zero attached hydrogens (tertiary/aromatic N) is 1. The predicted octanol–water partition coefficient (Wildman–Crippen LogP) is 3.49. The molecule has 0 spiro atoms. The minimum atomic E-state index is 0.0677. The van der Waals surface area contributed by atoms with Crippen LogP contribution in [0.3, 0.4) is 0 Å². The molecule has 0 fully saturated rings. The zero-order chi connectivity index (χ0) is 16.5. The van der Waals surface area contributed by atoms with E-state index in [-0.39, 0.29) is 6.04 Å². The SMILES string of the molecule is COc1ccc2c(c1OC)CCNC2c1ccc2ccccc2n1. The molecule has 4 rings (SSSR count). The quantitative estimate of drug-likeness (QED) is 0.802. The van der Waals surface area contributed by atoms with Crippen molar-refractivity contribution in [3.8, 4) is 11.5 Å². The summed E-state index contributed by atoms with van der Waals surface area (Å²) in [4.78, 5) is 4.86. The fraction of sp³-hybridized carbons (Fsp3) is 0.250. The summed E-state index contributed by atoms with van der Waals surface area (Å²) >= 11 is 0. The van der Waals surface area contributed by atoms with Crippen LogP contribution < -0.4 is 14.8 Å². The number of pyridine rings is 1. The van der Waals surface area contributed by atoms with Crippen LogP contribution in [0.25, 0.3) is 10.9 Å². The molecule has 1 aliphatic rings. The first-order valence-corrected chi connectivity index (χ1v) is 8.14. The molecule has 0 aliphatic carbocycles. The second-order valence-electron chi connectivity index (χ2n) is 5.93. The zero-order valence-electron chi connectivity index (χ0n) is 13.9. The van der Waals surface area contributed by atoms with Crippen LogP contribution in [0.15, 0.2) is 48.5 Å². The summed E-state index contributed by atoms with van der Waals surface area (Å²) in [6, 6.07) is 16.6. The van der Waals surface area contributed by atoms with E-state index in [9.17, 15) is 0 Å². The van der Waals surface area contributed by atoms with Crippen molar-refractivity contribution in [2.24, 2.45) is 0 Å². The summed E-state index contributed by atoms with van der Waals surface area (Å²) < 4.78 is 11.1. The molecule has 4 heteroatoms. The number of methoxy groups -OCH3 is 2. The van der Waals surface area contributed by atoms with Gasteiger partial charge in [0.25, 0.3) is 0 Å². The molecule has 2 heterocycles. The van der Waals surface area contributed by atoms with Crippen molar-refractivity contribution in [3.63, 3.8) is 0 Å². The first-order valence-electron chi connectivity index (χ1n) is 8.14. The lowest BCUT2D eigenvalue weighted by Gasteiger charge is -2.28. The first kappa shape index (κ1) is 15.0. The van der Waals surface area contributed by atoms with Crippen molar-refractivity contribution in [2.75, 3.05) is 20.8 Å². The molecule has 2 aromatic carbocycles. The summed E-state index contributed by atoms with van der Waals surface area (Å²) in [5, 5.41) is 4.74. The van der Waals surface area contributed by atoms with Gasteiger partial charge in [-0.25, -0.2) is 0 Å². The lowest BCUT2D eigenvalue weighted by atomic mass is 9.91. The van der Waals surface area contributed by atoms with Crippen molar-refractivity contribution in [1.82, 2.24) is 10.3 Å². The molecular weight excluding hydrogens is 300 g/mol. The van der Waals surface area contributed by atoms with Gasteiger partial charge >= 0.3 is 0 Å². The fourth-order valence-corrected chi connectivity index (χ4v) is 3.49. The van der Waals surface area contributed by atoms with E-state index < -0.39 is 0 Å². The number of para-hydroxylation sites is 1. The van der Waals surface area contributed by atoms with E-state index in [0.717, 1.165) is 41.1 Å². The molecule has 0 amide bonds. The first-order chi connectivity index (χ1) is 11.8. The number of nitrogens with one attached hydrogen (secondary N) is 1. The topological polar surface area (TPSA) is 43.4 Å². The third kappa shape index (κ3) is 2.39. The summed E-state index contributed by atoms with van der Waals surface area (Å²) in [6.07, 6.45) is 0.916. The highest BCUT2D eigenvalue weighted by atomic mass is 16.5. The molecule has 1 atom stereocenters. The Morgan fingerprint density at radius 1 is 1.00 bits per heavy atom. The maximum Gasteiger partial charge on any atom is 0.164 e. The molecule has 1 aliphatic heterocycles. The number of hydrogen-bond acceptors (Lipinski definition) is 4. The Bertz CT molecular complexity index is 892. The molecule has 0 saturated carbocycles. The molecule has 0 radical (unpaired) electrons. The highest BCUT2D eigenvalue weighted by molar-refractivity contribution is 5.78. The van der Waals surface area contributed by atoms with Gasteiger partial charge in [0.1, 0.15) is 0 Å². The predicted molar refractivity (Wildman–Crippen MR) is 94.8 cm³/mol. The Hall–Kier alpha value is -2.59.